The van der Waals surface area contributed by atoms with Crippen LogP contribution >= 0.6 is 0 Å². The Morgan fingerprint density at radius 2 is 0.551 bits per heavy atom. The summed E-state index contributed by atoms with van der Waals surface area (Å²) < 4.78 is 8.99. The zero-order chi connectivity index (χ0) is 39.0. The summed E-state index contributed by atoms with van der Waals surface area (Å²) in [5.41, 5.74) is 0. The third-order valence-electron chi connectivity index (χ3n) is 3.76. The van der Waals surface area contributed by atoms with E-state index < -0.39 is 66.5 Å². The minimum atomic E-state index is -1.44. The van der Waals surface area contributed by atoms with E-state index >= 15 is 0 Å². The van der Waals surface area contributed by atoms with Gasteiger partial charge in [0.15, 0.2) is 0 Å². The molecule has 0 aromatic carbocycles. The van der Waals surface area contributed by atoms with Crippen molar-refractivity contribution < 1.29 is 87.1 Å². The van der Waals surface area contributed by atoms with Crippen molar-refractivity contribution in [1.82, 2.24) is 0 Å². The molecule has 0 amide bonds. The van der Waals surface area contributed by atoms with Gasteiger partial charge in [-0.1, -0.05) is 0 Å². The molecule has 0 radical (unpaired) electrons. The fraction of sp³-hybridized carbons (Fsp3) is 0.567. The van der Waals surface area contributed by atoms with Crippen LogP contribution in [0, 0.1) is 0 Å². The molecule has 272 valence electrons. The van der Waals surface area contributed by atoms with E-state index in [1.54, 1.807) is 13.8 Å². The van der Waals surface area contributed by atoms with Gasteiger partial charge in [-0.2, -0.15) is 0 Å². The van der Waals surface area contributed by atoms with Gasteiger partial charge in [-0.25, -0.2) is 0 Å². The second-order valence-corrected chi connectivity index (χ2v) is 9.27. The van der Waals surface area contributed by atoms with Crippen molar-refractivity contribution in [2.24, 2.45) is 0 Å². The van der Waals surface area contributed by atoms with E-state index in [1.807, 2.05) is 0 Å². The Bertz CT molecular complexity index is 990. The number of aliphatic carboxylic acids is 3. The molecule has 0 bridgehead atoms. The average Bonchev–Trinajstić information content (AvgIpc) is 2.82. The topological polar surface area (TPSA) is 310 Å². The van der Waals surface area contributed by atoms with Crippen molar-refractivity contribution in [2.75, 3.05) is 13.2 Å². The Labute approximate surface area is 293 Å². The van der Waals surface area contributed by atoms with Gasteiger partial charge in [0.2, 0.25) is 0 Å². The summed E-state index contributed by atoms with van der Waals surface area (Å²) in [4.78, 5) is 132. The molecule has 0 heterocycles. The summed E-state index contributed by atoms with van der Waals surface area (Å²) >= 11 is 0. The average molecular weight is 717 g/mol. The first-order valence-electron chi connectivity index (χ1n) is 13.8. The minimum absolute atomic E-state index is 0. The normalized spacial score (nSPS) is 8.63. The van der Waals surface area contributed by atoms with Crippen LogP contribution in [0.3, 0.4) is 0 Å². The maximum Gasteiger partial charge on any atom is 3.00 e. The zero-order valence-electron chi connectivity index (χ0n) is 28.5. The molecular formula is C30H41AlO18. The predicted molar refractivity (Wildman–Crippen MR) is 159 cm³/mol. The number of rotatable bonds is 18. The van der Waals surface area contributed by atoms with Crippen molar-refractivity contribution in [3.05, 3.63) is 0 Å². The Kier molecular flexibility index (Phi) is 41.7. The zero-order valence-corrected chi connectivity index (χ0v) is 29.7. The first-order valence-corrected chi connectivity index (χ1v) is 13.8. The monoisotopic (exact) mass is 716 g/mol. The summed E-state index contributed by atoms with van der Waals surface area (Å²) in [6.07, 6.45) is -3.14. The van der Waals surface area contributed by atoms with Gasteiger partial charge in [-0.15, -0.1) is 0 Å². The van der Waals surface area contributed by atoms with Crippen LogP contribution < -0.4 is 15.3 Å². The third kappa shape index (κ3) is 66.6. The van der Waals surface area contributed by atoms with Crippen LogP contribution in [0.25, 0.3) is 0 Å². The molecule has 0 aliphatic rings. The van der Waals surface area contributed by atoms with E-state index in [2.05, 4.69) is 9.47 Å². The van der Waals surface area contributed by atoms with Gasteiger partial charge in [0.05, 0.1) is 32.5 Å². The van der Waals surface area contributed by atoms with Crippen LogP contribution in [-0.4, -0.2) is 107 Å². The summed E-state index contributed by atoms with van der Waals surface area (Å²) in [6, 6.07) is 0. The molecule has 0 fully saturated rings. The molecule has 0 aromatic rings. The molecule has 0 unspecified atom stereocenters. The quantitative estimate of drug-likeness (QED) is 0.0761. The molecule has 19 heteroatoms. The van der Waals surface area contributed by atoms with Crippen molar-refractivity contribution in [3.63, 3.8) is 0 Å². The summed E-state index contributed by atoms with van der Waals surface area (Å²) in [5.74, 6) is -8.31. The number of ketones is 8. The Balaban J connectivity index is -0.000000117. The van der Waals surface area contributed by atoms with Crippen molar-refractivity contribution >= 4 is 93.5 Å². The number of hydrogen-bond acceptors (Lipinski definition) is 18. The summed E-state index contributed by atoms with van der Waals surface area (Å²) in [7, 11) is 0. The Morgan fingerprint density at radius 1 is 0.367 bits per heavy atom. The van der Waals surface area contributed by atoms with Gasteiger partial charge in [0.1, 0.15) is 59.1 Å². The number of carboxylic acid groups (broad SMARTS) is 3. The Hall–Kier alpha value is -4.76. The molecule has 0 aromatic heterocycles. The van der Waals surface area contributed by atoms with Gasteiger partial charge >= 0.3 is 29.3 Å². The maximum atomic E-state index is 10.4. The molecule has 0 rings (SSSR count). The van der Waals surface area contributed by atoms with Crippen LogP contribution in [0.2, 0.25) is 0 Å². The number of hydrogen-bond donors (Lipinski definition) is 0. The van der Waals surface area contributed by atoms with Crippen LogP contribution in [0.15, 0.2) is 0 Å². The molecule has 49 heavy (non-hydrogen) atoms. The van der Waals surface area contributed by atoms with Crippen LogP contribution in [0.5, 0.6) is 0 Å². The van der Waals surface area contributed by atoms with Gasteiger partial charge in [-0.3, -0.25) is 47.9 Å². The van der Waals surface area contributed by atoms with E-state index in [0.717, 1.165) is 0 Å². The summed E-state index contributed by atoms with van der Waals surface area (Å²) in [6.45, 7) is 10.5. The van der Waals surface area contributed by atoms with Gasteiger partial charge in [0.25, 0.3) is 0 Å². The molecule has 18 nitrogen and oxygen atoms in total. The molecule has 0 atom stereocenters. The first-order chi connectivity index (χ1) is 21.9. The molecule has 0 spiro atoms. The second-order valence-electron chi connectivity index (χ2n) is 9.27. The fourth-order valence-corrected chi connectivity index (χ4v) is 2.33. The second kappa shape index (κ2) is 36.1. The predicted octanol–water partition coefficient (Wildman–Crippen LogP) is -3.30. The number of Topliss-reactive ketones (excluding diaryl/α,β-unsaturated/α-hetero) is 8. The molecule has 0 aliphatic carbocycles. The van der Waals surface area contributed by atoms with E-state index in [4.69, 9.17) is 0 Å². The number of carboxylic acids is 3. The smallest absolute Gasteiger partial charge is 0.550 e. The maximum absolute atomic E-state index is 10.4. The van der Waals surface area contributed by atoms with E-state index in [9.17, 15) is 77.6 Å². The van der Waals surface area contributed by atoms with E-state index in [0.29, 0.717) is 13.2 Å². The third-order valence-corrected chi connectivity index (χ3v) is 3.76. The van der Waals surface area contributed by atoms with Crippen molar-refractivity contribution in [1.29, 1.82) is 0 Å². The molecule has 0 saturated carbocycles. The SMILES string of the molecule is CC(=O)CC(=O)CC(=O)[O-].CC(=O)CC(=O)CC(=O)[O-].CC(=O)CC(=O)CC(=O)[O-].CCOC(=O)CC(C)=O.CCOC(=O)CC(C)=O.[Al+3]. The van der Waals surface area contributed by atoms with Crippen LogP contribution in [0.1, 0.15) is 99.8 Å². The number of carbonyl (C=O) groups is 13. The molecule has 0 saturated heterocycles. The molecule has 0 N–H and O–H groups in total. The van der Waals surface area contributed by atoms with Gasteiger partial charge in [-0.05, 0) is 48.5 Å². The van der Waals surface area contributed by atoms with Gasteiger partial charge < -0.3 is 39.2 Å². The number of carbonyl (C=O) groups excluding carboxylic acids is 13. The van der Waals surface area contributed by atoms with E-state index in [-0.39, 0.29) is 78.4 Å². The number of esters is 2. The molecule has 0 aliphatic heterocycles. The first kappa shape index (κ1) is 56.6. The minimum Gasteiger partial charge on any atom is -0.550 e. The van der Waals surface area contributed by atoms with Crippen LogP contribution in [0.4, 0.5) is 0 Å². The largest absolute Gasteiger partial charge is 3.00 e. The van der Waals surface area contributed by atoms with Gasteiger partial charge in [0, 0.05) is 37.2 Å². The van der Waals surface area contributed by atoms with Crippen molar-refractivity contribution in [3.8, 4) is 0 Å². The standard InChI is InChI=1S/3C6H8O4.2C6H10O3.Al/c3*1-4(7)2-5(8)3-6(9)10;2*1-3-9-6(8)4-5(2)7;/h3*2-3H2,1H3,(H,9,10);2*3-4H2,1-2H3;/q;;;;;+3/p-3. The number of ether oxygens (including phenoxy) is 2. The summed E-state index contributed by atoms with van der Waals surface area (Å²) in [5, 5.41) is 29.2. The Morgan fingerprint density at radius 3 is 0.673 bits per heavy atom. The van der Waals surface area contributed by atoms with E-state index in [1.165, 1.54) is 34.6 Å². The van der Waals surface area contributed by atoms with Crippen molar-refractivity contribution in [2.45, 2.75) is 99.8 Å². The molecular weight excluding hydrogens is 675 g/mol. The van der Waals surface area contributed by atoms with Crippen LogP contribution in [-0.2, 0) is 71.8 Å². The fourth-order valence-electron chi connectivity index (χ4n) is 2.33.